The van der Waals surface area contributed by atoms with E-state index in [4.69, 9.17) is 5.11 Å². The van der Waals surface area contributed by atoms with Crippen molar-refractivity contribution in [2.75, 3.05) is 7.05 Å². The predicted octanol–water partition coefficient (Wildman–Crippen LogP) is -0.340. The smallest absolute Gasteiger partial charge is 0.407 e. The van der Waals surface area contributed by atoms with Crippen molar-refractivity contribution in [2.24, 2.45) is 0 Å². The van der Waals surface area contributed by atoms with E-state index in [2.05, 4.69) is 0 Å². The number of carbonyl (C=O) groups is 4. The van der Waals surface area contributed by atoms with Gasteiger partial charge in [-0.1, -0.05) is 0 Å². The van der Waals surface area contributed by atoms with Crippen molar-refractivity contribution in [3.63, 3.8) is 0 Å². The number of carboxylic acid groups (broad SMARTS) is 1. The van der Waals surface area contributed by atoms with E-state index in [1.54, 1.807) is 0 Å². The normalized spacial score (nSPS) is 17.5. The zero-order valence-corrected chi connectivity index (χ0v) is 8.97. The van der Waals surface area contributed by atoms with Crippen molar-refractivity contribution >= 4 is 23.8 Å². The Labute approximate surface area is 91.6 Å². The van der Waals surface area contributed by atoms with Gasteiger partial charge in [0, 0.05) is 19.9 Å². The monoisotopic (exact) mass is 228 g/mol. The van der Waals surface area contributed by atoms with Crippen LogP contribution in [0.5, 0.6) is 0 Å². The standard InChI is InChI=1S/C9H12N2O5/c1-5(10(2)9(15)16)8(14)11-6(12)3-4-7(11)13/h5H,3-4H2,1-2H3,(H,15,16). The molecule has 1 aliphatic heterocycles. The fourth-order valence-corrected chi connectivity index (χ4v) is 1.34. The second-order valence-electron chi connectivity index (χ2n) is 3.53. The number of likely N-dealkylation sites (N-methyl/N-ethyl adjacent to an activating group) is 1. The molecule has 0 bridgehead atoms. The van der Waals surface area contributed by atoms with E-state index in [0.717, 1.165) is 4.90 Å². The Morgan fingerprint density at radius 3 is 2.12 bits per heavy atom. The summed E-state index contributed by atoms with van der Waals surface area (Å²) in [7, 11) is 1.20. The molecule has 1 aliphatic rings. The molecule has 1 heterocycles. The first-order valence-corrected chi connectivity index (χ1v) is 4.71. The molecule has 1 atom stereocenters. The molecule has 0 spiro atoms. The van der Waals surface area contributed by atoms with Crippen molar-refractivity contribution in [3.05, 3.63) is 0 Å². The average Bonchev–Trinajstić information content (AvgIpc) is 2.55. The topological polar surface area (TPSA) is 95.0 Å². The van der Waals surface area contributed by atoms with Crippen LogP contribution in [0.25, 0.3) is 0 Å². The van der Waals surface area contributed by atoms with E-state index >= 15 is 0 Å². The zero-order chi connectivity index (χ0) is 12.5. The maximum Gasteiger partial charge on any atom is 0.407 e. The summed E-state index contributed by atoms with van der Waals surface area (Å²) in [6, 6.07) is -1.05. The number of carbonyl (C=O) groups excluding carboxylic acids is 3. The van der Waals surface area contributed by atoms with E-state index in [1.807, 2.05) is 0 Å². The van der Waals surface area contributed by atoms with Gasteiger partial charge in [-0.05, 0) is 6.92 Å². The molecule has 16 heavy (non-hydrogen) atoms. The predicted molar refractivity (Wildman–Crippen MR) is 51.3 cm³/mol. The molecule has 7 heteroatoms. The lowest BCUT2D eigenvalue weighted by Gasteiger charge is -2.23. The highest BCUT2D eigenvalue weighted by Crippen LogP contribution is 2.14. The summed E-state index contributed by atoms with van der Waals surface area (Å²) in [4.78, 5) is 46.1. The van der Waals surface area contributed by atoms with Gasteiger partial charge in [-0.15, -0.1) is 0 Å². The molecule has 1 unspecified atom stereocenters. The van der Waals surface area contributed by atoms with E-state index < -0.39 is 29.9 Å². The Morgan fingerprint density at radius 2 is 1.75 bits per heavy atom. The van der Waals surface area contributed by atoms with E-state index in [-0.39, 0.29) is 12.8 Å². The van der Waals surface area contributed by atoms with Crippen LogP contribution in [0.15, 0.2) is 0 Å². The summed E-state index contributed by atoms with van der Waals surface area (Å²) < 4.78 is 0. The van der Waals surface area contributed by atoms with Gasteiger partial charge in [0.05, 0.1) is 0 Å². The highest BCUT2D eigenvalue weighted by molar-refractivity contribution is 6.16. The molecule has 7 nitrogen and oxygen atoms in total. The third-order valence-electron chi connectivity index (χ3n) is 2.51. The Bertz CT molecular complexity index is 349. The fraction of sp³-hybridized carbons (Fsp3) is 0.556. The minimum Gasteiger partial charge on any atom is -0.465 e. The maximum atomic E-state index is 11.7. The molecular formula is C9H12N2O5. The SMILES string of the molecule is CC(C(=O)N1C(=O)CCC1=O)N(C)C(=O)O. The lowest BCUT2D eigenvalue weighted by atomic mass is 10.2. The minimum atomic E-state index is -1.29. The Kier molecular flexibility index (Phi) is 3.26. The summed E-state index contributed by atoms with van der Waals surface area (Å²) in [5.41, 5.74) is 0. The summed E-state index contributed by atoms with van der Waals surface area (Å²) in [5, 5.41) is 8.66. The fourth-order valence-electron chi connectivity index (χ4n) is 1.34. The van der Waals surface area contributed by atoms with Crippen LogP contribution in [0, 0.1) is 0 Å². The van der Waals surface area contributed by atoms with Gasteiger partial charge in [-0.3, -0.25) is 19.3 Å². The van der Waals surface area contributed by atoms with Crippen LogP contribution in [-0.4, -0.2) is 51.8 Å². The minimum absolute atomic E-state index is 0.00801. The largest absolute Gasteiger partial charge is 0.465 e. The average molecular weight is 228 g/mol. The van der Waals surface area contributed by atoms with Gasteiger partial charge in [0.15, 0.2) is 0 Å². The van der Waals surface area contributed by atoms with Crippen LogP contribution >= 0.6 is 0 Å². The number of amides is 4. The molecule has 4 amide bonds. The first-order valence-electron chi connectivity index (χ1n) is 4.71. The summed E-state index contributed by atoms with van der Waals surface area (Å²) in [6.45, 7) is 1.33. The molecule has 1 fully saturated rings. The van der Waals surface area contributed by atoms with Crippen molar-refractivity contribution in [2.45, 2.75) is 25.8 Å². The highest BCUT2D eigenvalue weighted by atomic mass is 16.4. The van der Waals surface area contributed by atoms with E-state index in [9.17, 15) is 19.2 Å². The zero-order valence-electron chi connectivity index (χ0n) is 8.97. The van der Waals surface area contributed by atoms with Crippen LogP contribution in [0.2, 0.25) is 0 Å². The van der Waals surface area contributed by atoms with E-state index in [0.29, 0.717) is 4.90 Å². The summed E-state index contributed by atoms with van der Waals surface area (Å²) in [6.07, 6.45) is -1.28. The number of rotatable bonds is 2. The molecule has 0 radical (unpaired) electrons. The van der Waals surface area contributed by atoms with Crippen molar-refractivity contribution < 1.29 is 24.3 Å². The first kappa shape index (κ1) is 12.2. The molecule has 0 aromatic heterocycles. The van der Waals surface area contributed by atoms with Crippen LogP contribution in [-0.2, 0) is 14.4 Å². The Balaban J connectivity index is 2.81. The third-order valence-corrected chi connectivity index (χ3v) is 2.51. The Morgan fingerprint density at radius 1 is 1.31 bits per heavy atom. The number of likely N-dealkylation sites (tertiary alicyclic amines) is 1. The number of nitrogens with zero attached hydrogens (tertiary/aromatic N) is 2. The van der Waals surface area contributed by atoms with Gasteiger partial charge in [0.1, 0.15) is 6.04 Å². The van der Waals surface area contributed by atoms with Gasteiger partial charge in [0.25, 0.3) is 5.91 Å². The van der Waals surface area contributed by atoms with E-state index in [1.165, 1.54) is 14.0 Å². The number of hydrogen-bond acceptors (Lipinski definition) is 4. The van der Waals surface area contributed by atoms with Crippen LogP contribution in [0.1, 0.15) is 19.8 Å². The molecule has 0 aromatic rings. The molecular weight excluding hydrogens is 216 g/mol. The van der Waals surface area contributed by atoms with Crippen molar-refractivity contribution in [1.29, 1.82) is 0 Å². The number of hydrogen-bond donors (Lipinski definition) is 1. The van der Waals surface area contributed by atoms with Gasteiger partial charge < -0.3 is 5.11 Å². The lowest BCUT2D eigenvalue weighted by Crippen LogP contribution is -2.49. The Hall–Kier alpha value is -1.92. The molecule has 0 aliphatic carbocycles. The first-order chi connectivity index (χ1) is 7.36. The van der Waals surface area contributed by atoms with Crippen molar-refractivity contribution in [3.8, 4) is 0 Å². The molecule has 88 valence electrons. The molecule has 1 rings (SSSR count). The summed E-state index contributed by atoms with van der Waals surface area (Å²) in [5.74, 6) is -1.93. The quantitative estimate of drug-likeness (QED) is 0.652. The molecule has 0 saturated carbocycles. The number of imide groups is 3. The molecule has 1 N–H and O–H groups in total. The molecule has 1 saturated heterocycles. The van der Waals surface area contributed by atoms with Crippen LogP contribution in [0.3, 0.4) is 0 Å². The van der Waals surface area contributed by atoms with Gasteiger partial charge in [-0.25, -0.2) is 9.69 Å². The van der Waals surface area contributed by atoms with Gasteiger partial charge in [0.2, 0.25) is 11.8 Å². The summed E-state index contributed by atoms with van der Waals surface area (Å²) >= 11 is 0. The highest BCUT2D eigenvalue weighted by Gasteiger charge is 2.38. The van der Waals surface area contributed by atoms with Gasteiger partial charge >= 0.3 is 6.09 Å². The third kappa shape index (κ3) is 2.02. The van der Waals surface area contributed by atoms with Crippen molar-refractivity contribution in [1.82, 2.24) is 9.80 Å². The second-order valence-corrected chi connectivity index (χ2v) is 3.53. The molecule has 0 aromatic carbocycles. The van der Waals surface area contributed by atoms with Crippen LogP contribution < -0.4 is 0 Å². The second kappa shape index (κ2) is 4.30. The van der Waals surface area contributed by atoms with Gasteiger partial charge in [-0.2, -0.15) is 0 Å². The lowest BCUT2D eigenvalue weighted by molar-refractivity contribution is -0.151. The maximum absolute atomic E-state index is 11.7. The van der Waals surface area contributed by atoms with Crippen LogP contribution in [0.4, 0.5) is 4.79 Å².